The number of rotatable bonds is 3. The van der Waals surface area contributed by atoms with E-state index in [0.717, 1.165) is 29.7 Å². The second-order valence-corrected chi connectivity index (χ2v) is 4.56. The van der Waals surface area contributed by atoms with Crippen molar-refractivity contribution in [3.8, 4) is 0 Å². The first-order valence-electron chi connectivity index (χ1n) is 6.42. The van der Waals surface area contributed by atoms with E-state index in [4.69, 9.17) is 0 Å². The van der Waals surface area contributed by atoms with E-state index in [-0.39, 0.29) is 6.29 Å². The Labute approximate surface area is 112 Å². The van der Waals surface area contributed by atoms with Gasteiger partial charge in [-0.1, -0.05) is 24.3 Å². The standard InChI is InChI=1S/C14H17N5/c1-19(14-15-8-9-16-14)17-10-12-7-6-11-4-2-3-5-13(11)18-12/h2-7,10,14-16H,8-9H2,1H3/b17-10+. The number of hydrazone groups is 1. The van der Waals surface area contributed by atoms with Crippen LogP contribution in [0.5, 0.6) is 0 Å². The minimum absolute atomic E-state index is 0.108. The van der Waals surface area contributed by atoms with Crippen molar-refractivity contribution in [2.45, 2.75) is 6.29 Å². The summed E-state index contributed by atoms with van der Waals surface area (Å²) in [7, 11) is 1.94. The minimum atomic E-state index is 0.108. The van der Waals surface area contributed by atoms with Crippen LogP contribution in [0.15, 0.2) is 41.5 Å². The molecule has 3 rings (SSSR count). The maximum Gasteiger partial charge on any atom is 0.150 e. The lowest BCUT2D eigenvalue weighted by Gasteiger charge is -2.20. The Bertz CT molecular complexity index is 589. The molecule has 0 aliphatic carbocycles. The quantitative estimate of drug-likeness (QED) is 0.634. The Morgan fingerprint density at radius 3 is 2.84 bits per heavy atom. The number of nitrogens with zero attached hydrogens (tertiary/aromatic N) is 3. The van der Waals surface area contributed by atoms with Gasteiger partial charge in [0, 0.05) is 25.5 Å². The fraction of sp³-hybridized carbons (Fsp3) is 0.286. The fourth-order valence-electron chi connectivity index (χ4n) is 2.12. The van der Waals surface area contributed by atoms with Crippen molar-refractivity contribution >= 4 is 17.1 Å². The van der Waals surface area contributed by atoms with Crippen LogP contribution >= 0.6 is 0 Å². The second kappa shape index (κ2) is 5.34. The van der Waals surface area contributed by atoms with Crippen molar-refractivity contribution in [1.82, 2.24) is 20.6 Å². The summed E-state index contributed by atoms with van der Waals surface area (Å²) >= 11 is 0. The van der Waals surface area contributed by atoms with Gasteiger partial charge in [-0.2, -0.15) is 5.10 Å². The van der Waals surface area contributed by atoms with E-state index >= 15 is 0 Å². The maximum atomic E-state index is 4.56. The average molecular weight is 255 g/mol. The summed E-state index contributed by atoms with van der Waals surface area (Å²) in [6.07, 6.45) is 1.89. The summed E-state index contributed by atoms with van der Waals surface area (Å²) in [6, 6.07) is 12.1. The molecule has 0 unspecified atom stereocenters. The van der Waals surface area contributed by atoms with E-state index < -0.39 is 0 Å². The van der Waals surface area contributed by atoms with Crippen molar-refractivity contribution in [2.75, 3.05) is 20.1 Å². The molecule has 0 atom stereocenters. The van der Waals surface area contributed by atoms with E-state index in [0.29, 0.717) is 0 Å². The predicted octanol–water partition coefficient (Wildman–Crippen LogP) is 0.977. The SMILES string of the molecule is CN(/N=C/c1ccc2ccccc2n1)C1NCCN1. The number of hydrogen-bond acceptors (Lipinski definition) is 5. The highest BCUT2D eigenvalue weighted by Crippen LogP contribution is 2.10. The lowest BCUT2D eigenvalue weighted by molar-refractivity contribution is 0.215. The molecule has 1 aliphatic heterocycles. The fourth-order valence-corrected chi connectivity index (χ4v) is 2.12. The molecule has 98 valence electrons. The summed E-state index contributed by atoms with van der Waals surface area (Å²) in [5, 5.41) is 14.0. The number of pyridine rings is 1. The van der Waals surface area contributed by atoms with Gasteiger partial charge < -0.3 is 0 Å². The Morgan fingerprint density at radius 2 is 2.00 bits per heavy atom. The molecule has 0 amide bonds. The van der Waals surface area contributed by atoms with Gasteiger partial charge >= 0.3 is 0 Å². The van der Waals surface area contributed by atoms with Gasteiger partial charge in [0.1, 0.15) is 0 Å². The van der Waals surface area contributed by atoms with Gasteiger partial charge in [0.05, 0.1) is 17.4 Å². The van der Waals surface area contributed by atoms with Gasteiger partial charge in [0.25, 0.3) is 0 Å². The van der Waals surface area contributed by atoms with Crippen molar-refractivity contribution < 1.29 is 0 Å². The number of benzene rings is 1. The van der Waals surface area contributed by atoms with Gasteiger partial charge in [0.15, 0.2) is 6.29 Å². The zero-order valence-electron chi connectivity index (χ0n) is 10.9. The number of hydrogen-bond donors (Lipinski definition) is 2. The normalized spacial score (nSPS) is 16.5. The Balaban J connectivity index is 1.76. The van der Waals surface area contributed by atoms with Crippen molar-refractivity contribution in [1.29, 1.82) is 0 Å². The molecule has 1 saturated heterocycles. The van der Waals surface area contributed by atoms with Crippen molar-refractivity contribution in [3.63, 3.8) is 0 Å². The van der Waals surface area contributed by atoms with Crippen LogP contribution in [0.2, 0.25) is 0 Å². The molecule has 0 saturated carbocycles. The third kappa shape index (κ3) is 2.72. The number of aromatic nitrogens is 1. The van der Waals surface area contributed by atoms with E-state index in [1.54, 1.807) is 6.21 Å². The van der Waals surface area contributed by atoms with E-state index in [1.165, 1.54) is 0 Å². The van der Waals surface area contributed by atoms with Crippen LogP contribution in [0.1, 0.15) is 5.69 Å². The molecule has 2 N–H and O–H groups in total. The third-order valence-corrected chi connectivity index (χ3v) is 3.17. The summed E-state index contributed by atoms with van der Waals surface area (Å²) in [5.41, 5.74) is 1.86. The summed E-state index contributed by atoms with van der Waals surface area (Å²) in [5.74, 6) is 0. The molecular formula is C14H17N5. The molecule has 19 heavy (non-hydrogen) atoms. The molecule has 5 heteroatoms. The lowest BCUT2D eigenvalue weighted by atomic mass is 10.2. The molecule has 0 spiro atoms. The largest absolute Gasteiger partial charge is 0.282 e. The zero-order valence-corrected chi connectivity index (χ0v) is 10.9. The predicted molar refractivity (Wildman–Crippen MR) is 76.9 cm³/mol. The summed E-state index contributed by atoms with van der Waals surface area (Å²) in [6.45, 7) is 1.94. The molecule has 1 fully saturated rings. The van der Waals surface area contributed by atoms with E-state index in [1.807, 2.05) is 36.3 Å². The highest BCUT2D eigenvalue weighted by Gasteiger charge is 2.15. The molecule has 1 aromatic carbocycles. The molecule has 5 nitrogen and oxygen atoms in total. The molecule has 1 aromatic heterocycles. The maximum absolute atomic E-state index is 4.56. The molecule has 0 radical (unpaired) electrons. The van der Waals surface area contributed by atoms with Crippen LogP contribution in [-0.2, 0) is 0 Å². The van der Waals surface area contributed by atoms with Crippen LogP contribution < -0.4 is 10.6 Å². The Hall–Kier alpha value is -1.98. The molecular weight excluding hydrogens is 238 g/mol. The van der Waals surface area contributed by atoms with Crippen LogP contribution in [0, 0.1) is 0 Å². The molecule has 1 aliphatic rings. The number of para-hydroxylation sites is 1. The van der Waals surface area contributed by atoms with Gasteiger partial charge in [-0.05, 0) is 12.1 Å². The second-order valence-electron chi connectivity index (χ2n) is 4.56. The summed E-state index contributed by atoms with van der Waals surface area (Å²) in [4.78, 5) is 4.56. The molecule has 0 bridgehead atoms. The van der Waals surface area contributed by atoms with Gasteiger partial charge in [-0.3, -0.25) is 15.6 Å². The van der Waals surface area contributed by atoms with Crippen LogP contribution in [-0.4, -0.2) is 42.6 Å². The van der Waals surface area contributed by atoms with Gasteiger partial charge in [-0.25, -0.2) is 4.98 Å². The average Bonchev–Trinajstić information content (AvgIpc) is 2.99. The van der Waals surface area contributed by atoms with Gasteiger partial charge in [-0.15, -0.1) is 0 Å². The molecule has 2 heterocycles. The van der Waals surface area contributed by atoms with Crippen LogP contribution in [0.25, 0.3) is 10.9 Å². The van der Waals surface area contributed by atoms with Crippen LogP contribution in [0.3, 0.4) is 0 Å². The van der Waals surface area contributed by atoms with Crippen LogP contribution in [0.4, 0.5) is 0 Å². The highest BCUT2D eigenvalue weighted by atomic mass is 15.6. The van der Waals surface area contributed by atoms with Gasteiger partial charge in [0.2, 0.25) is 0 Å². The highest BCUT2D eigenvalue weighted by molar-refractivity contribution is 5.84. The zero-order chi connectivity index (χ0) is 13.1. The lowest BCUT2D eigenvalue weighted by Crippen LogP contribution is -2.43. The summed E-state index contributed by atoms with van der Waals surface area (Å²) < 4.78 is 0. The Kier molecular flexibility index (Phi) is 3.39. The van der Waals surface area contributed by atoms with E-state index in [9.17, 15) is 0 Å². The first kappa shape index (κ1) is 12.1. The van der Waals surface area contributed by atoms with Crippen molar-refractivity contribution in [2.24, 2.45) is 5.10 Å². The monoisotopic (exact) mass is 255 g/mol. The number of nitrogens with one attached hydrogen (secondary N) is 2. The third-order valence-electron chi connectivity index (χ3n) is 3.17. The van der Waals surface area contributed by atoms with E-state index in [2.05, 4.69) is 32.9 Å². The topological polar surface area (TPSA) is 52.6 Å². The minimum Gasteiger partial charge on any atom is -0.282 e. The first-order valence-corrected chi connectivity index (χ1v) is 6.42. The van der Waals surface area contributed by atoms with Crippen molar-refractivity contribution in [3.05, 3.63) is 42.1 Å². The number of fused-ring (bicyclic) bond motifs is 1. The molecule has 2 aromatic rings. The Morgan fingerprint density at radius 1 is 1.21 bits per heavy atom. The smallest absolute Gasteiger partial charge is 0.150 e. The first-order chi connectivity index (χ1) is 9.33.